The van der Waals surface area contributed by atoms with E-state index in [0.717, 1.165) is 29.2 Å². The Hall–Kier alpha value is -1.46. The van der Waals surface area contributed by atoms with Crippen LogP contribution < -0.4 is 0 Å². The van der Waals surface area contributed by atoms with Crippen LogP contribution in [0.4, 0.5) is 0 Å². The second kappa shape index (κ2) is 6.33. The molecular weight excluding hydrogens is 270 g/mol. The molecule has 2 aromatic heterocycles. The third-order valence-electron chi connectivity index (χ3n) is 3.52. The maximum absolute atomic E-state index is 12.4. The first-order valence-corrected chi connectivity index (χ1v) is 7.72. The number of aryl methyl sites for hydroxylation is 1. The van der Waals surface area contributed by atoms with E-state index in [1.807, 2.05) is 42.8 Å². The molecule has 0 atom stereocenters. The SMILES string of the molecule is CCn1c(C)cc(C(=O)CN(C)Cc2cscn2)c1C. The van der Waals surface area contributed by atoms with Crippen molar-refractivity contribution in [1.82, 2.24) is 14.5 Å². The summed E-state index contributed by atoms with van der Waals surface area (Å²) in [5.41, 5.74) is 5.89. The third-order valence-corrected chi connectivity index (χ3v) is 4.15. The molecule has 0 bridgehead atoms. The molecular formula is C15H21N3OS. The fraction of sp³-hybridized carbons (Fsp3) is 0.467. The van der Waals surface area contributed by atoms with E-state index in [1.54, 1.807) is 11.3 Å². The number of hydrogen-bond acceptors (Lipinski definition) is 4. The van der Waals surface area contributed by atoms with E-state index in [-0.39, 0.29) is 5.78 Å². The van der Waals surface area contributed by atoms with Crippen LogP contribution in [0.1, 0.15) is 34.4 Å². The van der Waals surface area contributed by atoms with Gasteiger partial charge in [0.15, 0.2) is 5.78 Å². The number of rotatable bonds is 6. The van der Waals surface area contributed by atoms with E-state index in [2.05, 4.69) is 16.5 Å². The predicted molar refractivity (Wildman–Crippen MR) is 82.4 cm³/mol. The molecule has 2 aromatic rings. The Bertz CT molecular complexity index is 587. The fourth-order valence-electron chi connectivity index (χ4n) is 2.55. The number of Topliss-reactive ketones (excluding diaryl/α,β-unsaturated/α-hetero) is 1. The highest BCUT2D eigenvalue weighted by Gasteiger charge is 2.16. The second-order valence-electron chi connectivity index (χ2n) is 5.10. The van der Waals surface area contributed by atoms with Crippen LogP contribution in [-0.2, 0) is 13.1 Å². The molecule has 0 fully saturated rings. The Labute approximate surface area is 124 Å². The van der Waals surface area contributed by atoms with E-state index >= 15 is 0 Å². The molecule has 0 aliphatic heterocycles. The summed E-state index contributed by atoms with van der Waals surface area (Å²) < 4.78 is 2.17. The van der Waals surface area contributed by atoms with Gasteiger partial charge in [-0.3, -0.25) is 9.69 Å². The van der Waals surface area contributed by atoms with Crippen molar-refractivity contribution in [2.24, 2.45) is 0 Å². The van der Waals surface area contributed by atoms with Gasteiger partial charge in [-0.05, 0) is 33.9 Å². The molecule has 0 aliphatic rings. The smallest absolute Gasteiger partial charge is 0.178 e. The Morgan fingerprint density at radius 1 is 1.45 bits per heavy atom. The molecule has 4 nitrogen and oxygen atoms in total. The summed E-state index contributed by atoms with van der Waals surface area (Å²) in [6.07, 6.45) is 0. The summed E-state index contributed by atoms with van der Waals surface area (Å²) in [4.78, 5) is 18.7. The third kappa shape index (κ3) is 3.16. The van der Waals surface area contributed by atoms with Crippen LogP contribution in [0.25, 0.3) is 0 Å². The molecule has 2 heterocycles. The summed E-state index contributed by atoms with van der Waals surface area (Å²) in [6.45, 7) is 8.20. The largest absolute Gasteiger partial charge is 0.349 e. The molecule has 20 heavy (non-hydrogen) atoms. The molecule has 2 rings (SSSR count). The van der Waals surface area contributed by atoms with Gasteiger partial charge in [0.1, 0.15) is 0 Å². The summed E-state index contributed by atoms with van der Waals surface area (Å²) in [5, 5.41) is 2.02. The van der Waals surface area contributed by atoms with Crippen molar-refractivity contribution in [2.75, 3.05) is 13.6 Å². The number of carbonyl (C=O) groups excluding carboxylic acids is 1. The van der Waals surface area contributed by atoms with E-state index in [0.29, 0.717) is 13.1 Å². The van der Waals surface area contributed by atoms with Crippen LogP contribution in [0.3, 0.4) is 0 Å². The quantitative estimate of drug-likeness (QED) is 0.768. The zero-order valence-electron chi connectivity index (χ0n) is 12.5. The normalized spacial score (nSPS) is 11.2. The van der Waals surface area contributed by atoms with Crippen molar-refractivity contribution in [3.05, 3.63) is 39.6 Å². The van der Waals surface area contributed by atoms with Gasteiger partial charge in [-0.25, -0.2) is 4.98 Å². The van der Waals surface area contributed by atoms with Crippen LogP contribution in [0.2, 0.25) is 0 Å². The number of likely N-dealkylation sites (N-methyl/N-ethyl adjacent to an activating group) is 1. The zero-order chi connectivity index (χ0) is 14.7. The molecule has 0 N–H and O–H groups in total. The van der Waals surface area contributed by atoms with Crippen molar-refractivity contribution < 1.29 is 4.79 Å². The van der Waals surface area contributed by atoms with Crippen LogP contribution in [0.5, 0.6) is 0 Å². The summed E-state index contributed by atoms with van der Waals surface area (Å²) in [6, 6.07) is 2.00. The summed E-state index contributed by atoms with van der Waals surface area (Å²) in [7, 11) is 1.95. The predicted octanol–water partition coefficient (Wildman–Crippen LogP) is 2.90. The lowest BCUT2D eigenvalue weighted by atomic mass is 10.1. The second-order valence-corrected chi connectivity index (χ2v) is 5.82. The molecule has 0 unspecified atom stereocenters. The maximum atomic E-state index is 12.4. The highest BCUT2D eigenvalue weighted by atomic mass is 32.1. The van der Waals surface area contributed by atoms with Gasteiger partial charge in [0.05, 0.1) is 17.7 Å². The van der Waals surface area contributed by atoms with Crippen molar-refractivity contribution in [2.45, 2.75) is 33.9 Å². The standard InChI is InChI=1S/C15H21N3OS/c1-5-18-11(2)6-14(12(18)3)15(19)8-17(4)7-13-9-20-10-16-13/h6,9-10H,5,7-8H2,1-4H3. The molecule has 0 saturated heterocycles. The highest BCUT2D eigenvalue weighted by molar-refractivity contribution is 7.07. The van der Waals surface area contributed by atoms with Crippen molar-refractivity contribution in [3.8, 4) is 0 Å². The molecule has 0 radical (unpaired) electrons. The number of aromatic nitrogens is 2. The summed E-state index contributed by atoms with van der Waals surface area (Å²) in [5.74, 6) is 0.176. The average molecular weight is 291 g/mol. The summed E-state index contributed by atoms with van der Waals surface area (Å²) >= 11 is 1.58. The minimum absolute atomic E-state index is 0.176. The van der Waals surface area contributed by atoms with Gasteiger partial charge in [0.2, 0.25) is 0 Å². The number of hydrogen-bond donors (Lipinski definition) is 0. The number of nitrogens with zero attached hydrogens (tertiary/aromatic N) is 3. The van der Waals surface area contributed by atoms with E-state index in [9.17, 15) is 4.79 Å². The highest BCUT2D eigenvalue weighted by Crippen LogP contribution is 2.16. The van der Waals surface area contributed by atoms with E-state index < -0.39 is 0 Å². The van der Waals surface area contributed by atoms with Crippen LogP contribution in [0, 0.1) is 13.8 Å². The van der Waals surface area contributed by atoms with Gasteiger partial charge >= 0.3 is 0 Å². The Morgan fingerprint density at radius 2 is 2.20 bits per heavy atom. The van der Waals surface area contributed by atoms with Gasteiger partial charge in [-0.15, -0.1) is 11.3 Å². The minimum atomic E-state index is 0.176. The molecule has 0 aliphatic carbocycles. The van der Waals surface area contributed by atoms with Gasteiger partial charge in [-0.2, -0.15) is 0 Å². The van der Waals surface area contributed by atoms with Crippen molar-refractivity contribution >= 4 is 17.1 Å². The minimum Gasteiger partial charge on any atom is -0.349 e. The van der Waals surface area contributed by atoms with Gasteiger partial charge in [0.25, 0.3) is 0 Å². The van der Waals surface area contributed by atoms with Crippen LogP contribution >= 0.6 is 11.3 Å². The van der Waals surface area contributed by atoms with Crippen molar-refractivity contribution in [3.63, 3.8) is 0 Å². The topological polar surface area (TPSA) is 38.1 Å². The lowest BCUT2D eigenvalue weighted by molar-refractivity contribution is 0.0942. The fourth-order valence-corrected chi connectivity index (χ4v) is 3.10. The monoisotopic (exact) mass is 291 g/mol. The first kappa shape index (κ1) is 14.9. The Kier molecular flexibility index (Phi) is 4.73. The Balaban J connectivity index is 2.04. The lowest BCUT2D eigenvalue weighted by Crippen LogP contribution is -2.26. The van der Waals surface area contributed by atoms with E-state index in [4.69, 9.17) is 0 Å². The molecule has 0 spiro atoms. The number of thiazole rings is 1. The number of carbonyl (C=O) groups is 1. The Morgan fingerprint density at radius 3 is 2.75 bits per heavy atom. The van der Waals surface area contributed by atoms with E-state index in [1.165, 1.54) is 0 Å². The lowest BCUT2D eigenvalue weighted by Gasteiger charge is -2.14. The molecule has 5 heteroatoms. The van der Waals surface area contributed by atoms with Crippen molar-refractivity contribution in [1.29, 1.82) is 0 Å². The van der Waals surface area contributed by atoms with Gasteiger partial charge in [-0.1, -0.05) is 0 Å². The molecule has 108 valence electrons. The maximum Gasteiger partial charge on any atom is 0.178 e. The van der Waals surface area contributed by atoms with Gasteiger partial charge in [0, 0.05) is 35.4 Å². The number of ketones is 1. The molecule has 0 saturated carbocycles. The molecule has 0 aromatic carbocycles. The van der Waals surface area contributed by atoms with Crippen LogP contribution in [-0.4, -0.2) is 33.8 Å². The first-order chi connectivity index (χ1) is 9.52. The van der Waals surface area contributed by atoms with Crippen LogP contribution in [0.15, 0.2) is 17.0 Å². The van der Waals surface area contributed by atoms with Gasteiger partial charge < -0.3 is 4.57 Å². The zero-order valence-corrected chi connectivity index (χ0v) is 13.3. The average Bonchev–Trinajstić information content (AvgIpc) is 2.97. The first-order valence-electron chi connectivity index (χ1n) is 6.78. The molecule has 0 amide bonds.